The number of urea groups is 1. The van der Waals surface area contributed by atoms with Crippen LogP contribution in [-0.4, -0.2) is 39.7 Å². The maximum absolute atomic E-state index is 12.2. The molecule has 2 fully saturated rings. The highest BCUT2D eigenvalue weighted by Gasteiger charge is 2.34. The number of hydrazine groups is 1. The van der Waals surface area contributed by atoms with Crippen LogP contribution in [0.3, 0.4) is 0 Å². The van der Waals surface area contributed by atoms with Crippen LogP contribution in [0.1, 0.15) is 32.1 Å². The highest BCUT2D eigenvalue weighted by Crippen LogP contribution is 2.25. The number of nitrogens with zero attached hydrogens (tertiary/aromatic N) is 3. The number of carbonyl (C=O) groups excluding carboxylic acids is 1. The number of hydrogen-bond donors (Lipinski definition) is 1. The van der Waals surface area contributed by atoms with Crippen molar-refractivity contribution in [1.29, 1.82) is 5.26 Å². The molecule has 6 heteroatoms. The minimum absolute atomic E-state index is 0.154. The second kappa shape index (κ2) is 5.61. The summed E-state index contributed by atoms with van der Waals surface area (Å²) >= 11 is 1.61. The highest BCUT2D eigenvalue weighted by molar-refractivity contribution is 7.99. The van der Waals surface area contributed by atoms with Crippen LogP contribution >= 0.6 is 11.8 Å². The number of amides is 2. The predicted molar refractivity (Wildman–Crippen MR) is 66.9 cm³/mol. The van der Waals surface area contributed by atoms with Crippen LogP contribution in [0.25, 0.3) is 0 Å². The highest BCUT2D eigenvalue weighted by atomic mass is 32.2. The fourth-order valence-corrected chi connectivity index (χ4v) is 3.47. The van der Waals surface area contributed by atoms with Gasteiger partial charge in [-0.2, -0.15) is 5.26 Å². The molecule has 17 heavy (non-hydrogen) atoms. The largest absolute Gasteiger partial charge is 0.336 e. The molecule has 1 saturated carbocycles. The number of carbonyl (C=O) groups is 1. The van der Waals surface area contributed by atoms with Gasteiger partial charge < -0.3 is 0 Å². The van der Waals surface area contributed by atoms with Gasteiger partial charge in [0.15, 0.2) is 0 Å². The second-order valence-electron chi connectivity index (χ2n) is 4.60. The molecule has 0 aromatic rings. The van der Waals surface area contributed by atoms with E-state index in [9.17, 15) is 4.79 Å². The lowest BCUT2D eigenvalue weighted by Crippen LogP contribution is -2.53. The molecule has 2 N–H and O–H groups in total. The van der Waals surface area contributed by atoms with Crippen molar-refractivity contribution in [3.8, 4) is 6.07 Å². The first kappa shape index (κ1) is 12.5. The van der Waals surface area contributed by atoms with Crippen molar-refractivity contribution in [2.75, 3.05) is 11.6 Å². The summed E-state index contributed by atoms with van der Waals surface area (Å²) in [4.78, 5) is 13.8. The molecule has 1 saturated heterocycles. The molecule has 1 aliphatic carbocycles. The summed E-state index contributed by atoms with van der Waals surface area (Å²) in [6.07, 6.45) is 5.49. The molecule has 0 bridgehead atoms. The van der Waals surface area contributed by atoms with Crippen molar-refractivity contribution in [3.63, 3.8) is 0 Å². The average Bonchev–Trinajstić information content (AvgIpc) is 2.86. The minimum Gasteiger partial charge on any atom is -0.297 e. The van der Waals surface area contributed by atoms with E-state index in [0.717, 1.165) is 25.7 Å². The molecule has 1 atom stereocenters. The third-order valence-corrected chi connectivity index (χ3v) is 4.48. The zero-order valence-corrected chi connectivity index (χ0v) is 10.7. The monoisotopic (exact) mass is 254 g/mol. The Balaban J connectivity index is 1.96. The number of rotatable bonds is 1. The average molecular weight is 254 g/mol. The van der Waals surface area contributed by atoms with Gasteiger partial charge in [0, 0.05) is 11.8 Å². The molecule has 0 aromatic carbocycles. The fourth-order valence-electron chi connectivity index (χ4n) is 2.40. The summed E-state index contributed by atoms with van der Waals surface area (Å²) < 4.78 is 0. The summed E-state index contributed by atoms with van der Waals surface area (Å²) in [5.41, 5.74) is 0. The lowest BCUT2D eigenvalue weighted by Gasteiger charge is -2.33. The summed E-state index contributed by atoms with van der Waals surface area (Å²) in [6.45, 7) is 0. The summed E-state index contributed by atoms with van der Waals surface area (Å²) in [7, 11) is 0. The molecular weight excluding hydrogens is 236 g/mol. The molecule has 0 aromatic heterocycles. The van der Waals surface area contributed by atoms with Gasteiger partial charge in [0.25, 0.3) is 0 Å². The molecular formula is C11H18N4OS. The molecule has 1 heterocycles. The van der Waals surface area contributed by atoms with Gasteiger partial charge >= 0.3 is 6.03 Å². The van der Waals surface area contributed by atoms with Crippen LogP contribution in [0.4, 0.5) is 4.79 Å². The van der Waals surface area contributed by atoms with E-state index in [2.05, 4.69) is 6.07 Å². The Morgan fingerprint density at radius 2 is 2.12 bits per heavy atom. The molecule has 0 spiro atoms. The number of hydrogen-bond acceptors (Lipinski definition) is 4. The molecule has 2 aliphatic rings. The van der Waals surface area contributed by atoms with E-state index in [1.807, 2.05) is 0 Å². The third kappa shape index (κ3) is 2.67. The van der Waals surface area contributed by atoms with Crippen molar-refractivity contribution in [1.82, 2.24) is 9.91 Å². The van der Waals surface area contributed by atoms with E-state index in [1.165, 1.54) is 11.4 Å². The topological polar surface area (TPSA) is 73.4 Å². The molecule has 5 nitrogen and oxygen atoms in total. The summed E-state index contributed by atoms with van der Waals surface area (Å²) in [5.74, 6) is 7.19. The molecule has 1 aliphatic heterocycles. The van der Waals surface area contributed by atoms with Crippen molar-refractivity contribution < 1.29 is 4.79 Å². The summed E-state index contributed by atoms with van der Waals surface area (Å²) in [5, 5.41) is 10.3. The molecule has 2 amide bonds. The van der Waals surface area contributed by atoms with Crippen molar-refractivity contribution in [2.45, 2.75) is 44.2 Å². The smallest absolute Gasteiger partial charge is 0.297 e. The van der Waals surface area contributed by atoms with Crippen LogP contribution in [-0.2, 0) is 0 Å². The normalized spacial score (nSPS) is 25.6. The van der Waals surface area contributed by atoms with Crippen LogP contribution in [0.15, 0.2) is 0 Å². The SMILES string of the molecule is N#CC1CSCN1C(=O)N(N)C1CCCCC1. The number of nitrogens with two attached hydrogens (primary N) is 1. The fraction of sp³-hybridized carbons (Fsp3) is 0.818. The molecule has 94 valence electrons. The Hall–Kier alpha value is -0.930. The Morgan fingerprint density at radius 1 is 1.41 bits per heavy atom. The Labute approximate surface area is 106 Å². The Bertz CT molecular complexity index is 324. The first-order valence-electron chi connectivity index (χ1n) is 6.06. The maximum Gasteiger partial charge on any atom is 0.336 e. The Kier molecular flexibility index (Phi) is 4.13. The first-order chi connectivity index (χ1) is 8.24. The Morgan fingerprint density at radius 3 is 2.76 bits per heavy atom. The van der Waals surface area contributed by atoms with E-state index >= 15 is 0 Å². The quantitative estimate of drug-likeness (QED) is 0.437. The van der Waals surface area contributed by atoms with E-state index in [0.29, 0.717) is 11.6 Å². The number of nitriles is 1. The van der Waals surface area contributed by atoms with E-state index in [1.54, 1.807) is 16.7 Å². The first-order valence-corrected chi connectivity index (χ1v) is 7.21. The van der Waals surface area contributed by atoms with Gasteiger partial charge in [-0.15, -0.1) is 11.8 Å². The predicted octanol–water partition coefficient (Wildman–Crippen LogP) is 1.51. The van der Waals surface area contributed by atoms with Crippen molar-refractivity contribution in [2.24, 2.45) is 5.84 Å². The maximum atomic E-state index is 12.2. The number of thioether (sulfide) groups is 1. The van der Waals surface area contributed by atoms with Crippen LogP contribution in [0, 0.1) is 11.3 Å². The van der Waals surface area contributed by atoms with Gasteiger partial charge in [-0.05, 0) is 12.8 Å². The van der Waals surface area contributed by atoms with Gasteiger partial charge in [-0.25, -0.2) is 10.6 Å². The van der Waals surface area contributed by atoms with Crippen LogP contribution in [0.2, 0.25) is 0 Å². The lowest BCUT2D eigenvalue weighted by molar-refractivity contribution is 0.124. The van der Waals surface area contributed by atoms with E-state index < -0.39 is 0 Å². The van der Waals surface area contributed by atoms with E-state index in [-0.39, 0.29) is 18.1 Å². The molecule has 1 unspecified atom stereocenters. The lowest BCUT2D eigenvalue weighted by atomic mass is 9.95. The van der Waals surface area contributed by atoms with E-state index in [4.69, 9.17) is 11.1 Å². The minimum atomic E-state index is -0.317. The van der Waals surface area contributed by atoms with Gasteiger partial charge in [0.05, 0.1) is 11.9 Å². The van der Waals surface area contributed by atoms with Crippen LogP contribution < -0.4 is 5.84 Å². The molecule has 2 rings (SSSR count). The standard InChI is InChI=1S/C11H18N4OS/c12-6-10-7-17-8-14(10)11(16)15(13)9-4-2-1-3-5-9/h9-10H,1-5,7-8,13H2. The van der Waals surface area contributed by atoms with Gasteiger partial charge in [-0.3, -0.25) is 9.91 Å². The third-order valence-electron chi connectivity index (χ3n) is 3.47. The molecule has 0 radical (unpaired) electrons. The van der Waals surface area contributed by atoms with Gasteiger partial charge in [0.1, 0.15) is 6.04 Å². The van der Waals surface area contributed by atoms with Crippen molar-refractivity contribution >= 4 is 17.8 Å². The second-order valence-corrected chi connectivity index (χ2v) is 5.60. The van der Waals surface area contributed by atoms with Crippen molar-refractivity contribution in [3.05, 3.63) is 0 Å². The zero-order chi connectivity index (χ0) is 12.3. The van der Waals surface area contributed by atoms with Gasteiger partial charge in [0.2, 0.25) is 0 Å². The van der Waals surface area contributed by atoms with Crippen LogP contribution in [0.5, 0.6) is 0 Å². The van der Waals surface area contributed by atoms with Gasteiger partial charge in [-0.1, -0.05) is 19.3 Å². The summed E-state index contributed by atoms with van der Waals surface area (Å²) in [6, 6.07) is 1.80. The zero-order valence-electron chi connectivity index (χ0n) is 9.84.